The molecule has 1 aromatic carbocycles. The van der Waals surface area contributed by atoms with Crippen LogP contribution < -0.4 is 11.5 Å². The van der Waals surface area contributed by atoms with Crippen molar-refractivity contribution in [1.82, 2.24) is 0 Å². The van der Waals surface area contributed by atoms with Crippen molar-refractivity contribution >= 4 is 28.6 Å². The molecule has 3 nitrogen and oxygen atoms in total. The van der Waals surface area contributed by atoms with Gasteiger partial charge < -0.3 is 16.2 Å². The fourth-order valence-electron chi connectivity index (χ4n) is 2.42. The summed E-state index contributed by atoms with van der Waals surface area (Å²) in [5, 5.41) is 0.470. The molecule has 0 fully saturated rings. The van der Waals surface area contributed by atoms with Gasteiger partial charge in [-0.25, -0.2) is 0 Å². The summed E-state index contributed by atoms with van der Waals surface area (Å²) < 4.78 is 5.62. The van der Waals surface area contributed by atoms with Crippen LogP contribution in [0, 0.1) is 0 Å². The molecule has 1 aromatic rings. The molecular formula is C18H30N2OS. The van der Waals surface area contributed by atoms with Crippen molar-refractivity contribution in [3.8, 4) is 0 Å². The van der Waals surface area contributed by atoms with E-state index in [9.17, 15) is 0 Å². The van der Waals surface area contributed by atoms with Gasteiger partial charge in [0, 0.05) is 11.4 Å². The van der Waals surface area contributed by atoms with Gasteiger partial charge in [0.15, 0.2) is 5.05 Å². The summed E-state index contributed by atoms with van der Waals surface area (Å²) in [4.78, 5) is 0. The number of hydrogen-bond donors (Lipinski definition) is 2. The van der Waals surface area contributed by atoms with Crippen molar-refractivity contribution < 1.29 is 4.74 Å². The normalized spacial score (nSPS) is 10.6. The lowest BCUT2D eigenvalue weighted by Gasteiger charge is -2.10. The fraction of sp³-hybridized carbons (Fsp3) is 0.611. The van der Waals surface area contributed by atoms with Gasteiger partial charge in [-0.1, -0.05) is 58.3 Å². The average Bonchev–Trinajstić information content (AvgIpc) is 2.49. The number of nitrogen functional groups attached to an aromatic ring is 2. The van der Waals surface area contributed by atoms with Gasteiger partial charge in [0.05, 0.1) is 12.2 Å². The predicted octanol–water partition coefficient (Wildman–Crippen LogP) is 5.07. The number of unbranched alkanes of at least 4 members (excludes halogenated alkanes) is 8. The van der Waals surface area contributed by atoms with E-state index in [0.29, 0.717) is 23.0 Å². The maximum absolute atomic E-state index is 5.89. The highest BCUT2D eigenvalue weighted by Crippen LogP contribution is 2.17. The van der Waals surface area contributed by atoms with E-state index in [1.54, 1.807) is 12.1 Å². The van der Waals surface area contributed by atoms with E-state index in [1.807, 2.05) is 6.07 Å². The molecule has 0 saturated heterocycles. The summed E-state index contributed by atoms with van der Waals surface area (Å²) in [6, 6.07) is 5.33. The Morgan fingerprint density at radius 1 is 0.955 bits per heavy atom. The number of nitrogens with two attached hydrogens (primary N) is 2. The van der Waals surface area contributed by atoms with Crippen LogP contribution in [0.2, 0.25) is 0 Å². The van der Waals surface area contributed by atoms with Crippen molar-refractivity contribution in [1.29, 1.82) is 0 Å². The minimum Gasteiger partial charge on any atom is -0.483 e. The Kier molecular flexibility index (Phi) is 9.64. The van der Waals surface area contributed by atoms with Crippen LogP contribution in [0.25, 0.3) is 0 Å². The Labute approximate surface area is 140 Å². The maximum atomic E-state index is 5.89. The largest absolute Gasteiger partial charge is 0.483 e. The highest BCUT2D eigenvalue weighted by Gasteiger charge is 2.06. The standard InChI is InChI=1S/C18H30N2OS/c1-2-3-4-5-6-7-8-9-10-13-21-18(22)16-12-11-15(19)14-17(16)20/h11-12,14H,2-10,13,19-20H2,1H3. The molecule has 0 amide bonds. The van der Waals surface area contributed by atoms with E-state index < -0.39 is 0 Å². The summed E-state index contributed by atoms with van der Waals surface area (Å²) in [6.07, 6.45) is 11.7. The third kappa shape index (κ3) is 7.64. The molecule has 0 aliphatic heterocycles. The van der Waals surface area contributed by atoms with Crippen LogP contribution in [-0.4, -0.2) is 11.7 Å². The first-order valence-corrected chi connectivity index (χ1v) is 8.88. The first-order chi connectivity index (χ1) is 10.6. The van der Waals surface area contributed by atoms with Crippen LogP contribution in [0.15, 0.2) is 18.2 Å². The fourth-order valence-corrected chi connectivity index (χ4v) is 2.69. The molecule has 0 radical (unpaired) electrons. The van der Waals surface area contributed by atoms with Crippen molar-refractivity contribution in [3.05, 3.63) is 23.8 Å². The molecule has 0 heterocycles. The van der Waals surface area contributed by atoms with Crippen molar-refractivity contribution in [2.24, 2.45) is 0 Å². The predicted molar refractivity (Wildman–Crippen MR) is 100 cm³/mol. The first kappa shape index (κ1) is 18.8. The molecular weight excluding hydrogens is 292 g/mol. The molecule has 0 bridgehead atoms. The molecule has 0 atom stereocenters. The molecule has 4 heteroatoms. The summed E-state index contributed by atoms with van der Waals surface area (Å²) in [7, 11) is 0. The number of hydrogen-bond acceptors (Lipinski definition) is 4. The van der Waals surface area contributed by atoms with Gasteiger partial charge in [-0.2, -0.15) is 0 Å². The topological polar surface area (TPSA) is 61.3 Å². The second-order valence-electron chi connectivity index (χ2n) is 5.81. The van der Waals surface area contributed by atoms with E-state index in [1.165, 1.54) is 51.4 Å². The molecule has 22 heavy (non-hydrogen) atoms. The SMILES string of the molecule is CCCCCCCCCCCOC(=S)c1ccc(N)cc1N. The molecule has 0 saturated carbocycles. The summed E-state index contributed by atoms with van der Waals surface area (Å²) in [5.74, 6) is 0. The van der Waals surface area contributed by atoms with Gasteiger partial charge in [-0.05, 0) is 36.8 Å². The second kappa shape index (κ2) is 11.3. The molecule has 0 spiro atoms. The monoisotopic (exact) mass is 322 g/mol. The van der Waals surface area contributed by atoms with E-state index in [0.717, 1.165) is 12.0 Å². The zero-order valence-corrected chi connectivity index (χ0v) is 14.6. The molecule has 4 N–H and O–H groups in total. The summed E-state index contributed by atoms with van der Waals surface area (Å²) in [5.41, 5.74) is 13.6. The lowest BCUT2D eigenvalue weighted by Crippen LogP contribution is -2.08. The van der Waals surface area contributed by atoms with Gasteiger partial charge in [0.25, 0.3) is 0 Å². The number of ether oxygens (including phenoxy) is 1. The van der Waals surface area contributed by atoms with Crippen LogP contribution in [0.3, 0.4) is 0 Å². The van der Waals surface area contributed by atoms with Crippen LogP contribution in [0.5, 0.6) is 0 Å². The smallest absolute Gasteiger partial charge is 0.193 e. The minimum absolute atomic E-state index is 0.470. The zero-order valence-electron chi connectivity index (χ0n) is 13.8. The molecule has 0 aliphatic rings. The lowest BCUT2D eigenvalue weighted by atomic mass is 10.1. The molecule has 0 aliphatic carbocycles. The third-order valence-electron chi connectivity index (χ3n) is 3.78. The van der Waals surface area contributed by atoms with E-state index in [-0.39, 0.29) is 0 Å². The van der Waals surface area contributed by atoms with Crippen LogP contribution >= 0.6 is 12.2 Å². The summed E-state index contributed by atoms with van der Waals surface area (Å²) in [6.45, 7) is 2.92. The number of thiocarbonyl (C=S) groups is 1. The quantitative estimate of drug-likeness (QED) is 0.339. The van der Waals surface area contributed by atoms with E-state index in [2.05, 4.69) is 6.92 Å². The van der Waals surface area contributed by atoms with Gasteiger partial charge in [0.2, 0.25) is 0 Å². The Morgan fingerprint density at radius 2 is 1.55 bits per heavy atom. The van der Waals surface area contributed by atoms with E-state index >= 15 is 0 Å². The van der Waals surface area contributed by atoms with Gasteiger partial charge in [-0.15, -0.1) is 0 Å². The van der Waals surface area contributed by atoms with E-state index in [4.69, 9.17) is 28.4 Å². The molecule has 0 aromatic heterocycles. The maximum Gasteiger partial charge on any atom is 0.193 e. The second-order valence-corrected chi connectivity index (χ2v) is 6.18. The average molecular weight is 323 g/mol. The van der Waals surface area contributed by atoms with Crippen LogP contribution in [0.4, 0.5) is 11.4 Å². The number of anilines is 2. The number of benzene rings is 1. The Balaban J connectivity index is 2.06. The van der Waals surface area contributed by atoms with Crippen molar-refractivity contribution in [3.63, 3.8) is 0 Å². The van der Waals surface area contributed by atoms with Crippen LogP contribution in [0.1, 0.15) is 70.3 Å². The highest BCUT2D eigenvalue weighted by atomic mass is 32.1. The Bertz CT molecular complexity index is 449. The number of rotatable bonds is 11. The lowest BCUT2D eigenvalue weighted by molar-refractivity contribution is 0.300. The molecule has 1 rings (SSSR count). The van der Waals surface area contributed by atoms with Crippen LogP contribution in [-0.2, 0) is 4.74 Å². The van der Waals surface area contributed by atoms with Gasteiger partial charge >= 0.3 is 0 Å². The molecule has 124 valence electrons. The Morgan fingerprint density at radius 3 is 2.14 bits per heavy atom. The Hall–Kier alpha value is -1.29. The highest BCUT2D eigenvalue weighted by molar-refractivity contribution is 7.80. The van der Waals surface area contributed by atoms with Crippen molar-refractivity contribution in [2.45, 2.75) is 64.7 Å². The van der Waals surface area contributed by atoms with Gasteiger partial charge in [0.1, 0.15) is 0 Å². The van der Waals surface area contributed by atoms with Gasteiger partial charge in [-0.3, -0.25) is 0 Å². The first-order valence-electron chi connectivity index (χ1n) is 8.47. The third-order valence-corrected chi connectivity index (χ3v) is 4.11. The molecule has 0 unspecified atom stereocenters. The zero-order chi connectivity index (χ0) is 16.2. The minimum atomic E-state index is 0.470. The summed E-state index contributed by atoms with van der Waals surface area (Å²) >= 11 is 5.27. The van der Waals surface area contributed by atoms with Crippen molar-refractivity contribution in [2.75, 3.05) is 18.1 Å².